The Kier molecular flexibility index (Phi) is 7.06. The number of rotatable bonds is 6. The highest BCUT2D eigenvalue weighted by Gasteiger charge is 2.37. The lowest BCUT2D eigenvalue weighted by atomic mass is 9.93. The van der Waals surface area contributed by atoms with Crippen LogP contribution in [0.1, 0.15) is 24.0 Å². The maximum Gasteiger partial charge on any atom is 0.241 e. The largest absolute Gasteiger partial charge is 0.496 e. The highest BCUT2D eigenvalue weighted by atomic mass is 35.5. The Morgan fingerprint density at radius 1 is 1.07 bits per heavy atom. The number of ketones is 1. The SMILES string of the molecule is COc1ccc(Cl)cc1CC1CCC(=O)CN(S(=O)(=O)Cc2ccc(Cl)cc2)C1=O. The van der Waals surface area contributed by atoms with Crippen LogP contribution in [0.25, 0.3) is 0 Å². The van der Waals surface area contributed by atoms with Gasteiger partial charge < -0.3 is 4.74 Å². The van der Waals surface area contributed by atoms with Gasteiger partial charge in [0.05, 0.1) is 19.4 Å². The maximum atomic E-state index is 13.2. The first-order valence-corrected chi connectivity index (χ1v) is 11.7. The number of carbonyl (C=O) groups excluding carboxylic acids is 2. The van der Waals surface area contributed by atoms with E-state index in [1.165, 1.54) is 7.11 Å². The van der Waals surface area contributed by atoms with E-state index in [1.54, 1.807) is 42.5 Å². The first kappa shape index (κ1) is 22.6. The van der Waals surface area contributed by atoms with Crippen molar-refractivity contribution in [3.63, 3.8) is 0 Å². The highest BCUT2D eigenvalue weighted by molar-refractivity contribution is 7.88. The summed E-state index contributed by atoms with van der Waals surface area (Å²) in [6.07, 6.45) is 0.620. The second kappa shape index (κ2) is 9.37. The number of halogens is 2. The average Bonchev–Trinajstić information content (AvgIpc) is 2.84. The number of amides is 1. The highest BCUT2D eigenvalue weighted by Crippen LogP contribution is 2.30. The van der Waals surface area contributed by atoms with Crippen LogP contribution >= 0.6 is 23.2 Å². The van der Waals surface area contributed by atoms with E-state index in [-0.39, 0.29) is 25.0 Å². The van der Waals surface area contributed by atoms with Gasteiger partial charge in [0.15, 0.2) is 5.78 Å². The normalized spacial score (nSPS) is 17.7. The molecule has 0 bridgehead atoms. The van der Waals surface area contributed by atoms with Crippen LogP contribution < -0.4 is 4.74 Å². The Morgan fingerprint density at radius 2 is 1.73 bits per heavy atom. The number of carbonyl (C=O) groups is 2. The van der Waals surface area contributed by atoms with E-state index in [4.69, 9.17) is 27.9 Å². The van der Waals surface area contributed by atoms with Crippen LogP contribution in [0.2, 0.25) is 10.0 Å². The zero-order chi connectivity index (χ0) is 21.9. The van der Waals surface area contributed by atoms with Crippen LogP contribution in [-0.2, 0) is 31.8 Å². The van der Waals surface area contributed by atoms with E-state index in [1.807, 2.05) is 0 Å². The van der Waals surface area contributed by atoms with Gasteiger partial charge in [-0.3, -0.25) is 9.59 Å². The van der Waals surface area contributed by atoms with Crippen molar-refractivity contribution < 1.29 is 22.7 Å². The van der Waals surface area contributed by atoms with Crippen molar-refractivity contribution in [2.45, 2.75) is 25.0 Å². The third kappa shape index (κ3) is 5.33. The molecule has 0 saturated carbocycles. The monoisotopic (exact) mass is 469 g/mol. The van der Waals surface area contributed by atoms with Crippen molar-refractivity contribution in [2.24, 2.45) is 5.92 Å². The summed E-state index contributed by atoms with van der Waals surface area (Å²) >= 11 is 11.9. The predicted octanol–water partition coefficient (Wildman–Crippen LogP) is 3.88. The van der Waals surface area contributed by atoms with E-state index < -0.39 is 34.1 Å². The van der Waals surface area contributed by atoms with Crippen molar-refractivity contribution in [3.8, 4) is 5.75 Å². The summed E-state index contributed by atoms with van der Waals surface area (Å²) in [5, 5.41) is 0.961. The molecule has 1 amide bonds. The Hall–Kier alpha value is -2.09. The Morgan fingerprint density at radius 3 is 2.40 bits per heavy atom. The summed E-state index contributed by atoms with van der Waals surface area (Å²) < 4.78 is 32.0. The molecule has 2 aromatic carbocycles. The van der Waals surface area contributed by atoms with Gasteiger partial charge in [-0.05, 0) is 54.3 Å². The quantitative estimate of drug-likeness (QED) is 0.640. The number of methoxy groups -OCH3 is 1. The van der Waals surface area contributed by atoms with Crippen LogP contribution in [-0.4, -0.2) is 38.1 Å². The molecule has 1 fully saturated rings. The molecule has 1 saturated heterocycles. The van der Waals surface area contributed by atoms with Crippen molar-refractivity contribution in [3.05, 3.63) is 63.6 Å². The van der Waals surface area contributed by atoms with Gasteiger partial charge in [0.2, 0.25) is 15.9 Å². The molecule has 0 N–H and O–H groups in total. The van der Waals surface area contributed by atoms with Gasteiger partial charge in [0, 0.05) is 22.4 Å². The van der Waals surface area contributed by atoms with Gasteiger partial charge in [-0.1, -0.05) is 35.3 Å². The van der Waals surface area contributed by atoms with Crippen molar-refractivity contribution in [1.29, 1.82) is 0 Å². The lowest BCUT2D eigenvalue weighted by Crippen LogP contribution is -2.42. The molecule has 0 radical (unpaired) electrons. The smallest absolute Gasteiger partial charge is 0.241 e. The first-order valence-electron chi connectivity index (χ1n) is 9.32. The number of benzene rings is 2. The minimum Gasteiger partial charge on any atom is -0.496 e. The summed E-state index contributed by atoms with van der Waals surface area (Å²) in [6.45, 7) is -0.446. The number of nitrogens with zero attached hydrogens (tertiary/aromatic N) is 1. The summed E-state index contributed by atoms with van der Waals surface area (Å²) in [6, 6.07) is 11.4. The number of hydrogen-bond acceptors (Lipinski definition) is 5. The Bertz CT molecular complexity index is 1050. The molecule has 1 aliphatic rings. The van der Waals surface area contributed by atoms with Crippen molar-refractivity contribution in [2.75, 3.05) is 13.7 Å². The topological polar surface area (TPSA) is 80.8 Å². The molecule has 30 heavy (non-hydrogen) atoms. The average molecular weight is 470 g/mol. The predicted molar refractivity (Wildman–Crippen MR) is 115 cm³/mol. The zero-order valence-corrected chi connectivity index (χ0v) is 18.6. The van der Waals surface area contributed by atoms with Crippen LogP contribution in [0.5, 0.6) is 5.75 Å². The second-order valence-corrected chi connectivity index (χ2v) is 9.93. The first-order chi connectivity index (χ1) is 14.2. The van der Waals surface area contributed by atoms with Gasteiger partial charge >= 0.3 is 0 Å². The van der Waals surface area contributed by atoms with Crippen molar-refractivity contribution in [1.82, 2.24) is 4.31 Å². The molecular formula is C21H21Cl2NO5S. The molecule has 9 heteroatoms. The summed E-state index contributed by atoms with van der Waals surface area (Å²) in [4.78, 5) is 25.4. The van der Waals surface area contributed by atoms with E-state index in [0.717, 1.165) is 4.31 Å². The van der Waals surface area contributed by atoms with E-state index in [2.05, 4.69) is 0 Å². The molecular weight excluding hydrogens is 449 g/mol. The lowest BCUT2D eigenvalue weighted by molar-refractivity contribution is -0.131. The fourth-order valence-corrected chi connectivity index (χ4v) is 5.30. The molecule has 1 atom stereocenters. The third-order valence-electron chi connectivity index (χ3n) is 4.99. The maximum absolute atomic E-state index is 13.2. The fraction of sp³-hybridized carbons (Fsp3) is 0.333. The van der Waals surface area contributed by atoms with Gasteiger partial charge in [-0.25, -0.2) is 12.7 Å². The lowest BCUT2D eigenvalue weighted by Gasteiger charge is -2.24. The van der Waals surface area contributed by atoms with Crippen molar-refractivity contribution >= 4 is 44.9 Å². The molecule has 1 unspecified atom stereocenters. The standard InChI is InChI=1S/C21H21Cl2NO5S/c1-29-20-9-7-18(23)11-16(20)10-15-4-8-19(25)12-24(21(15)26)30(27,28)13-14-2-5-17(22)6-3-14/h2-3,5-7,9,11,15H,4,8,10,12-13H2,1H3. The summed E-state index contributed by atoms with van der Waals surface area (Å²) in [5.41, 5.74) is 1.17. The van der Waals surface area contributed by atoms with Crippen LogP contribution in [0, 0.1) is 5.92 Å². The van der Waals surface area contributed by atoms with Crippen LogP contribution in [0.15, 0.2) is 42.5 Å². The molecule has 3 rings (SSSR count). The zero-order valence-electron chi connectivity index (χ0n) is 16.3. The Labute approximate surface area is 185 Å². The van der Waals surface area contributed by atoms with E-state index >= 15 is 0 Å². The fourth-order valence-electron chi connectivity index (χ4n) is 3.45. The van der Waals surface area contributed by atoms with Gasteiger partial charge in [-0.2, -0.15) is 0 Å². The number of sulfonamides is 1. The van der Waals surface area contributed by atoms with Crippen LogP contribution in [0.3, 0.4) is 0 Å². The molecule has 0 aliphatic carbocycles. The van der Waals surface area contributed by atoms with E-state index in [0.29, 0.717) is 26.9 Å². The van der Waals surface area contributed by atoms with Gasteiger partial charge in [0.1, 0.15) is 5.75 Å². The summed E-state index contributed by atoms with van der Waals surface area (Å²) in [5.74, 6) is -1.39. The summed E-state index contributed by atoms with van der Waals surface area (Å²) in [7, 11) is -2.53. The minimum atomic E-state index is -4.04. The van der Waals surface area contributed by atoms with Gasteiger partial charge in [0.25, 0.3) is 0 Å². The molecule has 160 valence electrons. The number of Topliss-reactive ketones (excluding diaryl/α,β-unsaturated/α-hetero) is 1. The third-order valence-corrected chi connectivity index (χ3v) is 7.16. The van der Waals surface area contributed by atoms with Gasteiger partial charge in [-0.15, -0.1) is 0 Å². The number of ether oxygens (including phenoxy) is 1. The molecule has 1 aliphatic heterocycles. The van der Waals surface area contributed by atoms with Crippen LogP contribution in [0.4, 0.5) is 0 Å². The van der Waals surface area contributed by atoms with E-state index in [9.17, 15) is 18.0 Å². The molecule has 2 aromatic rings. The molecule has 0 aromatic heterocycles. The molecule has 6 nitrogen and oxygen atoms in total. The number of hydrogen-bond donors (Lipinski definition) is 0. The molecule has 0 spiro atoms. The Balaban J connectivity index is 1.87. The minimum absolute atomic E-state index is 0.131. The molecule has 1 heterocycles. The second-order valence-electron chi connectivity index (χ2n) is 7.16.